The molecule has 0 spiro atoms. The van der Waals surface area contributed by atoms with Crippen molar-refractivity contribution < 1.29 is 4.79 Å². The van der Waals surface area contributed by atoms with Gasteiger partial charge in [-0.05, 0) is 61.5 Å². The fraction of sp³-hybridized carbons (Fsp3) is 0.480. The highest BCUT2D eigenvalue weighted by molar-refractivity contribution is 5.94. The lowest BCUT2D eigenvalue weighted by molar-refractivity contribution is 0.0932. The maximum atomic E-state index is 12.8. The summed E-state index contributed by atoms with van der Waals surface area (Å²) >= 11 is 0. The molecule has 2 aromatic rings. The molecule has 1 unspecified atom stereocenters. The Morgan fingerprint density at radius 3 is 2.18 bits per heavy atom. The normalized spacial score (nSPS) is 16.5. The second-order valence-corrected chi connectivity index (χ2v) is 8.45. The van der Waals surface area contributed by atoms with E-state index in [1.807, 2.05) is 30.3 Å². The summed E-state index contributed by atoms with van der Waals surface area (Å²) in [6, 6.07) is 18.5. The van der Waals surface area contributed by atoms with Crippen LogP contribution in [0.4, 0.5) is 0 Å². The fourth-order valence-corrected chi connectivity index (χ4v) is 3.99. The lowest BCUT2D eigenvalue weighted by atomic mass is 9.96. The Kier molecular flexibility index (Phi) is 7.67. The third-order valence-electron chi connectivity index (χ3n) is 5.54. The van der Waals surface area contributed by atoms with Crippen LogP contribution in [0.1, 0.15) is 73.5 Å². The van der Waals surface area contributed by atoms with Crippen molar-refractivity contribution in [1.82, 2.24) is 10.2 Å². The van der Waals surface area contributed by atoms with Gasteiger partial charge in [0, 0.05) is 12.1 Å². The van der Waals surface area contributed by atoms with Crippen molar-refractivity contribution in [3.05, 3.63) is 71.3 Å². The van der Waals surface area contributed by atoms with Gasteiger partial charge < -0.3 is 5.32 Å². The van der Waals surface area contributed by atoms with Gasteiger partial charge in [-0.15, -0.1) is 0 Å². The smallest absolute Gasteiger partial charge is 0.251 e. The zero-order valence-corrected chi connectivity index (χ0v) is 17.4. The van der Waals surface area contributed by atoms with Crippen LogP contribution in [0.5, 0.6) is 0 Å². The van der Waals surface area contributed by atoms with E-state index in [1.165, 1.54) is 49.9 Å². The number of carbonyl (C=O) groups is 1. The first kappa shape index (κ1) is 20.6. The second kappa shape index (κ2) is 10.4. The van der Waals surface area contributed by atoms with Gasteiger partial charge in [0.05, 0.1) is 6.04 Å². The topological polar surface area (TPSA) is 32.3 Å². The van der Waals surface area contributed by atoms with E-state index >= 15 is 0 Å². The molecule has 0 aliphatic carbocycles. The maximum Gasteiger partial charge on any atom is 0.251 e. The zero-order valence-electron chi connectivity index (χ0n) is 17.4. The van der Waals surface area contributed by atoms with Crippen molar-refractivity contribution in [2.75, 3.05) is 13.1 Å². The minimum Gasteiger partial charge on any atom is -0.345 e. The molecular formula is C25H34N2O. The number of carbonyl (C=O) groups excluding carboxylic acids is 1. The molecule has 1 aliphatic rings. The van der Waals surface area contributed by atoms with Crippen LogP contribution in [-0.2, 0) is 6.54 Å². The molecule has 150 valence electrons. The second-order valence-electron chi connectivity index (χ2n) is 8.45. The fourth-order valence-electron chi connectivity index (χ4n) is 3.99. The number of hydrogen-bond acceptors (Lipinski definition) is 2. The maximum absolute atomic E-state index is 12.8. The van der Waals surface area contributed by atoms with E-state index in [0.717, 1.165) is 18.5 Å². The first-order valence-electron chi connectivity index (χ1n) is 10.8. The number of rotatable bonds is 7. The predicted octanol–water partition coefficient (Wildman–Crippen LogP) is 5.58. The van der Waals surface area contributed by atoms with Crippen LogP contribution in [-0.4, -0.2) is 23.9 Å². The molecule has 1 aliphatic heterocycles. The van der Waals surface area contributed by atoms with Crippen LogP contribution in [0, 0.1) is 5.92 Å². The Morgan fingerprint density at radius 1 is 0.929 bits per heavy atom. The third-order valence-corrected chi connectivity index (χ3v) is 5.54. The molecule has 1 amide bonds. The van der Waals surface area contributed by atoms with Gasteiger partial charge in [0.1, 0.15) is 0 Å². The predicted molar refractivity (Wildman–Crippen MR) is 116 cm³/mol. The van der Waals surface area contributed by atoms with Gasteiger partial charge in [0.2, 0.25) is 0 Å². The Labute approximate surface area is 170 Å². The van der Waals surface area contributed by atoms with Crippen LogP contribution >= 0.6 is 0 Å². The van der Waals surface area contributed by atoms with E-state index in [0.29, 0.717) is 5.92 Å². The molecule has 0 bridgehead atoms. The summed E-state index contributed by atoms with van der Waals surface area (Å²) in [6.45, 7) is 7.76. The van der Waals surface area contributed by atoms with Gasteiger partial charge in [-0.1, -0.05) is 69.2 Å². The molecule has 2 aromatic carbocycles. The van der Waals surface area contributed by atoms with E-state index in [9.17, 15) is 4.79 Å². The van der Waals surface area contributed by atoms with Crippen LogP contribution in [0.25, 0.3) is 0 Å². The van der Waals surface area contributed by atoms with Gasteiger partial charge in [0.15, 0.2) is 0 Å². The summed E-state index contributed by atoms with van der Waals surface area (Å²) in [5.41, 5.74) is 3.20. The number of amides is 1. The summed E-state index contributed by atoms with van der Waals surface area (Å²) in [7, 11) is 0. The highest BCUT2D eigenvalue weighted by Gasteiger charge is 2.17. The minimum absolute atomic E-state index is 0.0100. The van der Waals surface area contributed by atoms with E-state index < -0.39 is 0 Å². The van der Waals surface area contributed by atoms with Gasteiger partial charge >= 0.3 is 0 Å². The molecule has 1 heterocycles. The first-order valence-corrected chi connectivity index (χ1v) is 10.8. The molecule has 3 rings (SSSR count). The Hall–Kier alpha value is -2.13. The lowest BCUT2D eigenvalue weighted by Crippen LogP contribution is -2.29. The van der Waals surface area contributed by atoms with Crippen LogP contribution < -0.4 is 5.32 Å². The number of nitrogens with one attached hydrogen (secondary N) is 1. The highest BCUT2D eigenvalue weighted by Crippen LogP contribution is 2.22. The zero-order chi connectivity index (χ0) is 19.8. The van der Waals surface area contributed by atoms with Gasteiger partial charge in [-0.3, -0.25) is 9.69 Å². The summed E-state index contributed by atoms with van der Waals surface area (Å²) < 4.78 is 0. The Balaban J connectivity index is 1.62. The summed E-state index contributed by atoms with van der Waals surface area (Å²) in [5.74, 6) is 0.525. The molecule has 28 heavy (non-hydrogen) atoms. The van der Waals surface area contributed by atoms with Crippen molar-refractivity contribution in [1.29, 1.82) is 0 Å². The number of hydrogen-bond donors (Lipinski definition) is 1. The van der Waals surface area contributed by atoms with E-state index in [2.05, 4.69) is 48.3 Å². The number of benzene rings is 2. The Bertz CT molecular complexity index is 716. The molecule has 3 nitrogen and oxygen atoms in total. The quantitative estimate of drug-likeness (QED) is 0.682. The van der Waals surface area contributed by atoms with Crippen molar-refractivity contribution in [2.45, 2.75) is 58.5 Å². The highest BCUT2D eigenvalue weighted by atomic mass is 16.1. The molecule has 0 saturated carbocycles. The Morgan fingerprint density at radius 2 is 1.57 bits per heavy atom. The van der Waals surface area contributed by atoms with Gasteiger partial charge in [-0.25, -0.2) is 0 Å². The number of nitrogens with zero attached hydrogens (tertiary/aromatic N) is 1. The lowest BCUT2D eigenvalue weighted by Gasteiger charge is -2.22. The van der Waals surface area contributed by atoms with E-state index in [1.54, 1.807) is 0 Å². The van der Waals surface area contributed by atoms with Gasteiger partial charge in [0.25, 0.3) is 5.91 Å². The number of likely N-dealkylation sites (tertiary alicyclic amines) is 1. The molecule has 0 radical (unpaired) electrons. The van der Waals surface area contributed by atoms with Crippen molar-refractivity contribution in [3.8, 4) is 0 Å². The summed E-state index contributed by atoms with van der Waals surface area (Å²) in [6.07, 6.45) is 6.25. The van der Waals surface area contributed by atoms with E-state index in [4.69, 9.17) is 0 Å². The molecule has 0 aromatic heterocycles. The average molecular weight is 379 g/mol. The van der Waals surface area contributed by atoms with Crippen LogP contribution in [0.3, 0.4) is 0 Å². The molecule has 3 heteroatoms. The first-order chi connectivity index (χ1) is 13.6. The third kappa shape index (κ3) is 6.20. The molecule has 1 N–H and O–H groups in total. The van der Waals surface area contributed by atoms with Crippen molar-refractivity contribution in [3.63, 3.8) is 0 Å². The monoisotopic (exact) mass is 378 g/mol. The minimum atomic E-state index is 0.0100. The molecule has 1 atom stereocenters. The standard InChI is InChI=1S/C25H34N2O/c1-20(2)18-24(22-10-6-5-7-11-22)26-25(28)23-14-12-21(13-15-23)19-27-16-8-3-4-9-17-27/h5-7,10-15,20,24H,3-4,8-9,16-19H2,1-2H3,(H,26,28). The van der Waals surface area contributed by atoms with Gasteiger partial charge in [-0.2, -0.15) is 0 Å². The molecular weight excluding hydrogens is 344 g/mol. The van der Waals surface area contributed by atoms with Crippen molar-refractivity contribution >= 4 is 5.91 Å². The van der Waals surface area contributed by atoms with Crippen LogP contribution in [0.2, 0.25) is 0 Å². The summed E-state index contributed by atoms with van der Waals surface area (Å²) in [5, 5.41) is 3.24. The van der Waals surface area contributed by atoms with Crippen LogP contribution in [0.15, 0.2) is 54.6 Å². The molecule has 1 fully saturated rings. The van der Waals surface area contributed by atoms with Crippen molar-refractivity contribution in [2.24, 2.45) is 5.92 Å². The summed E-state index contributed by atoms with van der Waals surface area (Å²) in [4.78, 5) is 15.4. The van der Waals surface area contributed by atoms with E-state index in [-0.39, 0.29) is 11.9 Å². The SMILES string of the molecule is CC(C)CC(NC(=O)c1ccc(CN2CCCCCC2)cc1)c1ccccc1. The largest absolute Gasteiger partial charge is 0.345 e. The average Bonchev–Trinajstić information content (AvgIpc) is 2.97. The molecule has 1 saturated heterocycles.